The highest BCUT2D eigenvalue weighted by molar-refractivity contribution is 5.95. The molecule has 0 unspecified atom stereocenters. The van der Waals surface area contributed by atoms with Crippen LogP contribution in [-0.4, -0.2) is 65.2 Å². The van der Waals surface area contributed by atoms with E-state index in [9.17, 15) is 14.4 Å². The van der Waals surface area contributed by atoms with Gasteiger partial charge in [-0.25, -0.2) is 9.59 Å². The van der Waals surface area contributed by atoms with Gasteiger partial charge < -0.3 is 25.2 Å². The number of carboxylic acids is 2. The van der Waals surface area contributed by atoms with E-state index < -0.39 is 11.9 Å². The molecule has 1 amide bonds. The Kier molecular flexibility index (Phi) is 6.66. The van der Waals surface area contributed by atoms with Crippen molar-refractivity contribution in [2.75, 3.05) is 26.2 Å². The molecule has 8 nitrogen and oxygen atoms in total. The first kappa shape index (κ1) is 20.6. The molecular formula is C21H24N2O6. The number of carbonyl (C=O) groups is 3. The number of carboxylic acid groups (broad SMARTS) is 2. The highest BCUT2D eigenvalue weighted by atomic mass is 16.5. The number of piperidine rings is 3. The Morgan fingerprint density at radius 3 is 2.38 bits per heavy atom. The van der Waals surface area contributed by atoms with Gasteiger partial charge >= 0.3 is 11.9 Å². The normalized spacial score (nSPS) is 24.1. The predicted octanol–water partition coefficient (Wildman–Crippen LogP) is 1.63. The van der Waals surface area contributed by atoms with Gasteiger partial charge in [0, 0.05) is 35.9 Å². The number of ether oxygens (including phenoxy) is 1. The number of carbonyl (C=O) groups excluding carboxylic acids is 1. The Balaban J connectivity index is 0.000000258. The van der Waals surface area contributed by atoms with Crippen LogP contribution in [0.25, 0.3) is 6.08 Å². The van der Waals surface area contributed by atoms with Crippen molar-refractivity contribution >= 4 is 23.9 Å². The third-order valence-corrected chi connectivity index (χ3v) is 5.25. The van der Waals surface area contributed by atoms with Gasteiger partial charge in [-0.3, -0.25) is 4.79 Å². The summed E-state index contributed by atoms with van der Waals surface area (Å²) in [5.41, 5.74) is 1.71. The minimum absolute atomic E-state index is 0.0375. The number of fused-ring (bicyclic) bond motifs is 4. The Morgan fingerprint density at radius 2 is 1.79 bits per heavy atom. The van der Waals surface area contributed by atoms with Crippen LogP contribution in [0, 0.1) is 5.92 Å². The van der Waals surface area contributed by atoms with Gasteiger partial charge in [-0.05, 0) is 56.1 Å². The average molecular weight is 400 g/mol. The van der Waals surface area contributed by atoms with Crippen LogP contribution in [0.1, 0.15) is 28.8 Å². The summed E-state index contributed by atoms with van der Waals surface area (Å²) >= 11 is 0. The third-order valence-electron chi connectivity index (χ3n) is 5.25. The van der Waals surface area contributed by atoms with Crippen LogP contribution in [0.15, 0.2) is 36.4 Å². The van der Waals surface area contributed by atoms with Crippen LogP contribution in [0.3, 0.4) is 0 Å². The molecule has 5 rings (SSSR count). The lowest BCUT2D eigenvalue weighted by molar-refractivity contribution is -0.134. The quantitative estimate of drug-likeness (QED) is 0.658. The molecule has 0 spiro atoms. The number of amides is 1. The molecule has 1 aromatic rings. The van der Waals surface area contributed by atoms with Crippen molar-refractivity contribution in [3.8, 4) is 5.75 Å². The lowest BCUT2D eigenvalue weighted by Gasteiger charge is -2.44. The highest BCUT2D eigenvalue weighted by Gasteiger charge is 2.34. The fourth-order valence-corrected chi connectivity index (χ4v) is 3.79. The van der Waals surface area contributed by atoms with Crippen LogP contribution in [0.5, 0.6) is 5.75 Å². The molecule has 3 N–H and O–H groups in total. The summed E-state index contributed by atoms with van der Waals surface area (Å²) in [5, 5.41) is 18.9. The predicted molar refractivity (Wildman–Crippen MR) is 106 cm³/mol. The van der Waals surface area contributed by atoms with Gasteiger partial charge in [0.2, 0.25) is 0 Å². The summed E-state index contributed by atoms with van der Waals surface area (Å²) in [7, 11) is 0. The number of hydrogen-bond acceptors (Lipinski definition) is 5. The molecule has 0 radical (unpaired) electrons. The molecule has 8 heteroatoms. The zero-order valence-electron chi connectivity index (χ0n) is 15.9. The average Bonchev–Trinajstić information content (AvgIpc) is 2.73. The highest BCUT2D eigenvalue weighted by Crippen LogP contribution is 2.28. The smallest absolute Gasteiger partial charge is 0.328 e. The number of aliphatic carboxylic acids is 2. The molecule has 4 heterocycles. The van der Waals surface area contributed by atoms with E-state index in [0.717, 1.165) is 23.4 Å². The van der Waals surface area contributed by atoms with Crippen molar-refractivity contribution < 1.29 is 29.3 Å². The Morgan fingerprint density at radius 1 is 1.10 bits per heavy atom. The first-order chi connectivity index (χ1) is 13.9. The second-order valence-corrected chi connectivity index (χ2v) is 7.19. The van der Waals surface area contributed by atoms with Crippen LogP contribution in [0.2, 0.25) is 0 Å². The summed E-state index contributed by atoms with van der Waals surface area (Å²) in [6.07, 6.45) is 7.53. The second kappa shape index (κ2) is 9.38. The van der Waals surface area contributed by atoms with Crippen molar-refractivity contribution in [2.24, 2.45) is 5.92 Å². The number of rotatable bonds is 4. The SMILES string of the molecule is O=C(N[C@H]1CN2CCC1CC2)c1ccc2c(c1)C=CCO2.O=C(O)/C=C/C(=O)O. The summed E-state index contributed by atoms with van der Waals surface area (Å²) in [6, 6.07) is 5.98. The van der Waals surface area contributed by atoms with Crippen LogP contribution < -0.4 is 10.1 Å². The van der Waals surface area contributed by atoms with Crippen molar-refractivity contribution in [3.05, 3.63) is 47.6 Å². The first-order valence-electron chi connectivity index (χ1n) is 9.53. The lowest BCUT2D eigenvalue weighted by Crippen LogP contribution is -2.57. The monoisotopic (exact) mass is 400 g/mol. The van der Waals surface area contributed by atoms with Crippen molar-refractivity contribution in [1.29, 1.82) is 0 Å². The summed E-state index contributed by atoms with van der Waals surface area (Å²) in [4.78, 5) is 34.0. The maximum Gasteiger partial charge on any atom is 0.328 e. The minimum Gasteiger partial charge on any atom is -0.489 e. The maximum absolute atomic E-state index is 12.5. The van der Waals surface area contributed by atoms with Crippen LogP contribution in [-0.2, 0) is 9.59 Å². The summed E-state index contributed by atoms with van der Waals surface area (Å²) in [6.45, 7) is 4.00. The molecule has 0 saturated carbocycles. The van der Waals surface area contributed by atoms with E-state index in [0.29, 0.717) is 30.7 Å². The van der Waals surface area contributed by atoms with Gasteiger partial charge in [0.15, 0.2) is 0 Å². The summed E-state index contributed by atoms with van der Waals surface area (Å²) < 4.78 is 5.52. The van der Waals surface area contributed by atoms with Gasteiger partial charge in [-0.2, -0.15) is 0 Å². The zero-order valence-corrected chi connectivity index (χ0v) is 15.9. The van der Waals surface area contributed by atoms with Crippen molar-refractivity contribution in [3.63, 3.8) is 0 Å². The molecule has 0 aromatic heterocycles. The molecule has 1 atom stereocenters. The summed E-state index contributed by atoms with van der Waals surface area (Å²) in [5.74, 6) is -0.966. The van der Waals surface area contributed by atoms with Crippen molar-refractivity contribution in [2.45, 2.75) is 18.9 Å². The Hall–Kier alpha value is -3.13. The second-order valence-electron chi connectivity index (χ2n) is 7.19. The fraction of sp³-hybridized carbons (Fsp3) is 0.381. The van der Waals surface area contributed by atoms with E-state index in [1.54, 1.807) is 0 Å². The van der Waals surface area contributed by atoms with Gasteiger partial charge in [0.1, 0.15) is 12.4 Å². The lowest BCUT2D eigenvalue weighted by atomic mass is 9.84. The molecule has 4 aliphatic rings. The molecular weight excluding hydrogens is 376 g/mol. The standard InChI is InChI=1S/C17H20N2O2.C4H4O4/c20-17(18-15-11-19-7-5-12(15)6-8-19)14-3-4-16-13(10-14)2-1-9-21-16;5-3(6)1-2-4(7)8/h1-4,10,12,15H,5-9,11H2,(H,18,20);1-2H,(H,5,6)(H,7,8)/b;2-1+/t15-;/m0./s1. The van der Waals surface area contributed by atoms with Crippen molar-refractivity contribution in [1.82, 2.24) is 10.2 Å². The Labute approximate surface area is 168 Å². The van der Waals surface area contributed by atoms with Gasteiger partial charge in [0.05, 0.1) is 0 Å². The topological polar surface area (TPSA) is 116 Å². The number of nitrogens with zero attached hydrogens (tertiary/aromatic N) is 1. The molecule has 29 heavy (non-hydrogen) atoms. The van der Waals surface area contributed by atoms with E-state index in [-0.39, 0.29) is 5.91 Å². The first-order valence-corrected chi connectivity index (χ1v) is 9.53. The van der Waals surface area contributed by atoms with Crippen LogP contribution >= 0.6 is 0 Å². The minimum atomic E-state index is -1.26. The molecule has 2 bridgehead atoms. The van der Waals surface area contributed by atoms with E-state index in [1.807, 2.05) is 30.4 Å². The molecule has 154 valence electrons. The van der Waals surface area contributed by atoms with E-state index >= 15 is 0 Å². The van der Waals surface area contributed by atoms with E-state index in [4.69, 9.17) is 14.9 Å². The van der Waals surface area contributed by atoms with Gasteiger partial charge in [-0.1, -0.05) is 6.08 Å². The molecule has 1 aromatic carbocycles. The Bertz CT molecular complexity index is 824. The fourth-order valence-electron chi connectivity index (χ4n) is 3.79. The van der Waals surface area contributed by atoms with E-state index in [2.05, 4.69) is 10.2 Å². The van der Waals surface area contributed by atoms with Gasteiger partial charge in [-0.15, -0.1) is 0 Å². The van der Waals surface area contributed by atoms with Gasteiger partial charge in [0.25, 0.3) is 5.91 Å². The number of benzene rings is 1. The zero-order chi connectivity index (χ0) is 20.8. The largest absolute Gasteiger partial charge is 0.489 e. The third kappa shape index (κ3) is 5.68. The van der Waals surface area contributed by atoms with E-state index in [1.165, 1.54) is 25.9 Å². The molecule has 0 aliphatic carbocycles. The number of nitrogens with one attached hydrogen (secondary N) is 1. The number of hydrogen-bond donors (Lipinski definition) is 3. The molecule has 3 fully saturated rings. The molecule has 3 saturated heterocycles. The molecule has 4 aliphatic heterocycles. The maximum atomic E-state index is 12.5. The van der Waals surface area contributed by atoms with Crippen LogP contribution in [0.4, 0.5) is 0 Å².